The molecule has 100 valence electrons. The minimum absolute atomic E-state index is 0.283. The van der Waals surface area contributed by atoms with Crippen molar-refractivity contribution in [3.05, 3.63) is 60.2 Å². The number of hydrogen-bond donors (Lipinski definition) is 0. The van der Waals surface area contributed by atoms with Crippen molar-refractivity contribution in [3.8, 4) is 5.75 Å². The zero-order chi connectivity index (χ0) is 13.7. The van der Waals surface area contributed by atoms with Crippen LogP contribution in [0.5, 0.6) is 5.75 Å². The number of methoxy groups -OCH3 is 1. The molecule has 0 saturated heterocycles. The quantitative estimate of drug-likeness (QED) is 0.750. The van der Waals surface area contributed by atoms with Crippen LogP contribution in [-0.2, 0) is 17.3 Å². The fourth-order valence-electron chi connectivity index (χ4n) is 2.09. The summed E-state index contributed by atoms with van der Waals surface area (Å²) < 4.78 is 5.19. The molecule has 0 N–H and O–H groups in total. The number of rotatable bonds is 5. The summed E-state index contributed by atoms with van der Waals surface area (Å²) >= 11 is 0. The highest BCUT2D eigenvalue weighted by Gasteiger charge is 2.23. The van der Waals surface area contributed by atoms with Gasteiger partial charge in [0.1, 0.15) is 17.3 Å². The first-order valence-electron chi connectivity index (χ1n) is 6.53. The maximum absolute atomic E-state index is 5.19. The second-order valence-corrected chi connectivity index (χ2v) is 7.13. The summed E-state index contributed by atoms with van der Waals surface area (Å²) in [5.74, 6) is 0.926. The Bertz CT molecular complexity index is 492. The van der Waals surface area contributed by atoms with E-state index in [4.69, 9.17) is 4.74 Å². The monoisotopic (exact) mass is 273 g/mol. The summed E-state index contributed by atoms with van der Waals surface area (Å²) in [7, 11) is 1.99. The molecule has 0 bridgehead atoms. The van der Waals surface area contributed by atoms with Crippen LogP contribution < -0.4 is 4.74 Å². The predicted octanol–water partition coefficient (Wildman–Crippen LogP) is 3.93. The Morgan fingerprint density at radius 2 is 1.63 bits per heavy atom. The summed E-state index contributed by atoms with van der Waals surface area (Å²) in [5, 5.41) is 0.649. The molecule has 0 amide bonds. The lowest BCUT2D eigenvalue weighted by molar-refractivity contribution is 0.414. The summed E-state index contributed by atoms with van der Waals surface area (Å²) in [6, 6.07) is 19.2. The van der Waals surface area contributed by atoms with Gasteiger partial charge in [0, 0.05) is 17.3 Å². The Morgan fingerprint density at radius 1 is 1.00 bits per heavy atom. The van der Waals surface area contributed by atoms with Gasteiger partial charge in [-0.1, -0.05) is 30.3 Å². The third kappa shape index (κ3) is 3.77. The molecule has 0 aromatic heterocycles. The average molecular weight is 273 g/mol. The molecule has 2 aromatic rings. The molecular weight excluding hydrogens is 252 g/mol. The largest absolute Gasteiger partial charge is 0.497 e. The Labute approximate surface area is 119 Å². The van der Waals surface area contributed by atoms with E-state index in [0.717, 1.165) is 12.2 Å². The summed E-state index contributed by atoms with van der Waals surface area (Å²) in [6.07, 6.45) is 3.45. The molecule has 19 heavy (non-hydrogen) atoms. The van der Waals surface area contributed by atoms with Crippen molar-refractivity contribution < 1.29 is 4.74 Å². The van der Waals surface area contributed by atoms with Crippen LogP contribution in [0.1, 0.15) is 12.5 Å². The van der Waals surface area contributed by atoms with Gasteiger partial charge in [-0.15, -0.1) is 0 Å². The van der Waals surface area contributed by atoms with Crippen LogP contribution in [0.15, 0.2) is 59.5 Å². The van der Waals surface area contributed by atoms with E-state index in [1.54, 1.807) is 7.11 Å². The third-order valence-corrected chi connectivity index (χ3v) is 5.79. The highest BCUT2D eigenvalue weighted by Crippen LogP contribution is 2.20. The van der Waals surface area contributed by atoms with Gasteiger partial charge in [0.25, 0.3) is 0 Å². The zero-order valence-corrected chi connectivity index (χ0v) is 12.6. The smallest absolute Gasteiger partial charge is 0.154 e. The second-order valence-electron chi connectivity index (χ2n) is 4.73. The number of ether oxygens (including phenoxy) is 1. The van der Waals surface area contributed by atoms with Crippen molar-refractivity contribution in [1.29, 1.82) is 0 Å². The molecule has 2 unspecified atom stereocenters. The van der Waals surface area contributed by atoms with E-state index < -0.39 is 0 Å². The first kappa shape index (κ1) is 14.0. The highest BCUT2D eigenvalue weighted by atomic mass is 32.2. The maximum Gasteiger partial charge on any atom is 0.154 e. The molecule has 1 nitrogen and oxygen atoms in total. The molecule has 0 aliphatic carbocycles. The lowest BCUT2D eigenvalue weighted by Crippen LogP contribution is -2.19. The van der Waals surface area contributed by atoms with Crippen LogP contribution in [-0.4, -0.2) is 18.6 Å². The normalized spacial score (nSPS) is 13.8. The minimum atomic E-state index is 0.283. The zero-order valence-electron chi connectivity index (χ0n) is 11.8. The molecule has 2 heteroatoms. The van der Waals surface area contributed by atoms with Crippen LogP contribution in [0.3, 0.4) is 0 Å². The summed E-state index contributed by atoms with van der Waals surface area (Å²) in [5.41, 5.74) is 1.38. The van der Waals surface area contributed by atoms with Crippen LogP contribution >= 0.6 is 0 Å². The van der Waals surface area contributed by atoms with Crippen LogP contribution in [0.2, 0.25) is 0 Å². The van der Waals surface area contributed by atoms with Crippen molar-refractivity contribution in [2.24, 2.45) is 0 Å². The topological polar surface area (TPSA) is 9.23 Å². The molecule has 0 heterocycles. The number of benzene rings is 2. The minimum Gasteiger partial charge on any atom is -0.497 e. The fraction of sp³-hybridized carbons (Fsp3) is 0.294. The van der Waals surface area contributed by atoms with Gasteiger partial charge in [-0.25, -0.2) is 0 Å². The molecule has 0 radical (unpaired) electrons. The predicted molar refractivity (Wildman–Crippen MR) is 84.2 cm³/mol. The van der Waals surface area contributed by atoms with Gasteiger partial charge in [0.2, 0.25) is 0 Å². The van der Waals surface area contributed by atoms with Crippen molar-refractivity contribution in [2.45, 2.75) is 23.5 Å². The molecule has 0 aliphatic heterocycles. The first-order valence-corrected chi connectivity index (χ1v) is 8.23. The van der Waals surface area contributed by atoms with Gasteiger partial charge >= 0.3 is 0 Å². The molecular formula is C17H21OS+. The van der Waals surface area contributed by atoms with Crippen molar-refractivity contribution >= 4 is 10.9 Å². The lowest BCUT2D eigenvalue weighted by Gasteiger charge is -2.12. The Balaban J connectivity index is 2.01. The average Bonchev–Trinajstić information content (AvgIpc) is 2.48. The van der Waals surface area contributed by atoms with Gasteiger partial charge < -0.3 is 4.74 Å². The van der Waals surface area contributed by atoms with Gasteiger partial charge in [0.05, 0.1) is 7.11 Å². The summed E-state index contributed by atoms with van der Waals surface area (Å²) in [6.45, 7) is 2.33. The van der Waals surface area contributed by atoms with E-state index in [-0.39, 0.29) is 10.9 Å². The third-order valence-electron chi connectivity index (χ3n) is 3.40. The van der Waals surface area contributed by atoms with Crippen molar-refractivity contribution in [3.63, 3.8) is 0 Å². The van der Waals surface area contributed by atoms with Crippen LogP contribution in [0.25, 0.3) is 0 Å². The number of hydrogen-bond acceptors (Lipinski definition) is 1. The Kier molecular flexibility index (Phi) is 4.92. The van der Waals surface area contributed by atoms with Gasteiger partial charge in [-0.05, 0) is 36.8 Å². The van der Waals surface area contributed by atoms with Crippen molar-refractivity contribution in [1.82, 2.24) is 0 Å². The van der Waals surface area contributed by atoms with Gasteiger partial charge in [-0.2, -0.15) is 0 Å². The van der Waals surface area contributed by atoms with E-state index in [1.165, 1.54) is 10.5 Å². The second kappa shape index (κ2) is 6.67. The van der Waals surface area contributed by atoms with E-state index in [2.05, 4.69) is 55.6 Å². The van der Waals surface area contributed by atoms with Gasteiger partial charge in [0.15, 0.2) is 4.90 Å². The molecule has 0 fully saturated rings. The lowest BCUT2D eigenvalue weighted by atomic mass is 10.1. The SMILES string of the molecule is COc1ccc(CC(C)[S+](C)c2ccccc2)cc1. The molecule has 0 saturated carbocycles. The van der Waals surface area contributed by atoms with Crippen LogP contribution in [0.4, 0.5) is 0 Å². The van der Waals surface area contributed by atoms with E-state index in [0.29, 0.717) is 5.25 Å². The Hall–Kier alpha value is -1.41. The van der Waals surface area contributed by atoms with Crippen LogP contribution in [0, 0.1) is 0 Å². The fourth-order valence-corrected chi connectivity index (χ4v) is 3.58. The van der Waals surface area contributed by atoms with E-state index in [9.17, 15) is 0 Å². The Morgan fingerprint density at radius 3 is 2.21 bits per heavy atom. The summed E-state index contributed by atoms with van der Waals surface area (Å²) in [4.78, 5) is 1.45. The van der Waals surface area contributed by atoms with E-state index >= 15 is 0 Å². The molecule has 0 aliphatic rings. The highest BCUT2D eigenvalue weighted by molar-refractivity contribution is 7.96. The van der Waals surface area contributed by atoms with E-state index in [1.807, 2.05) is 12.1 Å². The molecule has 2 rings (SSSR count). The standard InChI is InChI=1S/C17H21OS/c1-14(19(3)17-7-5-4-6-8-17)13-15-9-11-16(18-2)12-10-15/h4-12,14H,13H2,1-3H3/q+1. The molecule has 2 aromatic carbocycles. The molecule has 2 atom stereocenters. The van der Waals surface area contributed by atoms with Gasteiger partial charge in [-0.3, -0.25) is 0 Å². The van der Waals surface area contributed by atoms with Crippen molar-refractivity contribution in [2.75, 3.05) is 13.4 Å². The maximum atomic E-state index is 5.19. The molecule has 0 spiro atoms. The first-order chi connectivity index (χ1) is 9.20.